The molecule has 1 unspecified atom stereocenters. The maximum atomic E-state index is 11.2. The fourth-order valence-corrected chi connectivity index (χ4v) is 2.06. The van der Waals surface area contributed by atoms with Crippen LogP contribution in [0, 0.1) is 5.92 Å². The van der Waals surface area contributed by atoms with E-state index < -0.39 is 0 Å². The van der Waals surface area contributed by atoms with Gasteiger partial charge in [0.15, 0.2) is 0 Å². The SMILES string of the molecule is O=C(NO)C1CCc2cc(O)ccc2C1. The molecular formula is C11H13NO3. The predicted molar refractivity (Wildman–Crippen MR) is 53.6 cm³/mol. The van der Waals surface area contributed by atoms with Gasteiger partial charge in [-0.2, -0.15) is 0 Å². The van der Waals surface area contributed by atoms with Crippen molar-refractivity contribution in [2.75, 3.05) is 0 Å². The van der Waals surface area contributed by atoms with Crippen molar-refractivity contribution in [2.24, 2.45) is 5.92 Å². The topological polar surface area (TPSA) is 69.6 Å². The van der Waals surface area contributed by atoms with Crippen molar-refractivity contribution in [3.05, 3.63) is 29.3 Å². The molecule has 0 aromatic heterocycles. The van der Waals surface area contributed by atoms with E-state index in [4.69, 9.17) is 5.21 Å². The number of hydrogen-bond donors (Lipinski definition) is 3. The number of carbonyl (C=O) groups is 1. The number of phenolic OH excluding ortho intramolecular Hbond substituents is 1. The number of carbonyl (C=O) groups excluding carboxylic acids is 1. The van der Waals surface area contributed by atoms with Crippen molar-refractivity contribution in [3.63, 3.8) is 0 Å². The third-order valence-corrected chi connectivity index (χ3v) is 2.90. The molecule has 4 heteroatoms. The second kappa shape index (κ2) is 3.90. The van der Waals surface area contributed by atoms with E-state index in [0.717, 1.165) is 17.5 Å². The number of phenols is 1. The predicted octanol–water partition coefficient (Wildman–Crippen LogP) is 1.00. The lowest BCUT2D eigenvalue weighted by atomic mass is 9.83. The van der Waals surface area contributed by atoms with Crippen LogP contribution in [-0.4, -0.2) is 16.2 Å². The Kier molecular flexibility index (Phi) is 2.60. The highest BCUT2D eigenvalue weighted by atomic mass is 16.5. The minimum absolute atomic E-state index is 0.160. The van der Waals surface area contributed by atoms with Crippen LogP contribution in [0.25, 0.3) is 0 Å². The van der Waals surface area contributed by atoms with E-state index in [1.807, 2.05) is 6.07 Å². The van der Waals surface area contributed by atoms with Crippen LogP contribution >= 0.6 is 0 Å². The van der Waals surface area contributed by atoms with Crippen molar-refractivity contribution in [1.82, 2.24) is 5.48 Å². The van der Waals surface area contributed by atoms with Gasteiger partial charge in [-0.05, 0) is 42.5 Å². The maximum absolute atomic E-state index is 11.2. The summed E-state index contributed by atoms with van der Waals surface area (Å²) in [6.07, 6.45) is 2.10. The van der Waals surface area contributed by atoms with Crippen LogP contribution in [0.2, 0.25) is 0 Å². The number of aromatic hydroxyl groups is 1. The second-order valence-electron chi connectivity index (χ2n) is 3.87. The zero-order chi connectivity index (χ0) is 10.8. The first-order valence-electron chi connectivity index (χ1n) is 4.95. The van der Waals surface area contributed by atoms with Crippen molar-refractivity contribution in [1.29, 1.82) is 0 Å². The molecule has 15 heavy (non-hydrogen) atoms. The van der Waals surface area contributed by atoms with Crippen LogP contribution in [0.3, 0.4) is 0 Å². The van der Waals surface area contributed by atoms with E-state index >= 15 is 0 Å². The van der Waals surface area contributed by atoms with Gasteiger partial charge >= 0.3 is 0 Å². The highest BCUT2D eigenvalue weighted by molar-refractivity contribution is 5.78. The van der Waals surface area contributed by atoms with Gasteiger partial charge in [0, 0.05) is 5.92 Å². The monoisotopic (exact) mass is 207 g/mol. The number of aryl methyl sites for hydroxylation is 1. The third-order valence-electron chi connectivity index (χ3n) is 2.90. The number of amides is 1. The molecule has 0 heterocycles. The molecule has 0 bridgehead atoms. The fourth-order valence-electron chi connectivity index (χ4n) is 2.06. The Morgan fingerprint density at radius 2 is 2.20 bits per heavy atom. The average Bonchev–Trinajstić information content (AvgIpc) is 2.27. The molecular weight excluding hydrogens is 194 g/mol. The third kappa shape index (κ3) is 1.94. The number of hydroxylamine groups is 1. The van der Waals surface area contributed by atoms with Gasteiger partial charge in [0.2, 0.25) is 5.91 Å². The van der Waals surface area contributed by atoms with Gasteiger partial charge in [-0.1, -0.05) is 6.07 Å². The normalized spacial score (nSPS) is 19.4. The van der Waals surface area contributed by atoms with Crippen LogP contribution in [0.1, 0.15) is 17.5 Å². The standard InChI is InChI=1S/C11H13NO3/c13-10-4-3-7-5-9(11(14)12-15)2-1-8(7)6-10/h3-4,6,9,13,15H,1-2,5H2,(H,12,14). The Morgan fingerprint density at radius 3 is 2.93 bits per heavy atom. The molecule has 1 aromatic rings. The highest BCUT2D eigenvalue weighted by Crippen LogP contribution is 2.28. The smallest absolute Gasteiger partial charge is 0.246 e. The van der Waals surface area contributed by atoms with Crippen molar-refractivity contribution in [3.8, 4) is 5.75 Å². The summed E-state index contributed by atoms with van der Waals surface area (Å²) in [6, 6.07) is 5.20. The highest BCUT2D eigenvalue weighted by Gasteiger charge is 2.24. The Bertz CT molecular complexity index is 389. The molecule has 0 spiro atoms. The molecule has 0 fully saturated rings. The molecule has 80 valence electrons. The van der Waals surface area contributed by atoms with E-state index in [1.165, 1.54) is 0 Å². The maximum Gasteiger partial charge on any atom is 0.246 e. The Balaban J connectivity index is 2.20. The first kappa shape index (κ1) is 9.98. The lowest BCUT2D eigenvalue weighted by Gasteiger charge is -2.22. The van der Waals surface area contributed by atoms with Gasteiger partial charge in [0.1, 0.15) is 5.75 Å². The molecule has 0 aliphatic heterocycles. The van der Waals surface area contributed by atoms with E-state index in [9.17, 15) is 9.90 Å². The molecule has 1 atom stereocenters. The summed E-state index contributed by atoms with van der Waals surface area (Å²) < 4.78 is 0. The van der Waals surface area contributed by atoms with E-state index in [0.29, 0.717) is 12.8 Å². The van der Waals surface area contributed by atoms with Crippen LogP contribution in [0.15, 0.2) is 18.2 Å². The van der Waals surface area contributed by atoms with Gasteiger partial charge in [-0.25, -0.2) is 5.48 Å². The largest absolute Gasteiger partial charge is 0.508 e. The number of rotatable bonds is 1. The summed E-state index contributed by atoms with van der Waals surface area (Å²) in [4.78, 5) is 11.2. The number of benzene rings is 1. The molecule has 0 saturated heterocycles. The first-order valence-corrected chi connectivity index (χ1v) is 4.95. The Labute approximate surface area is 87.5 Å². The van der Waals surface area contributed by atoms with Crippen molar-refractivity contribution in [2.45, 2.75) is 19.3 Å². The van der Waals surface area contributed by atoms with Gasteiger partial charge in [0.25, 0.3) is 0 Å². The summed E-state index contributed by atoms with van der Waals surface area (Å²) >= 11 is 0. The molecule has 4 nitrogen and oxygen atoms in total. The minimum Gasteiger partial charge on any atom is -0.508 e. The zero-order valence-electron chi connectivity index (χ0n) is 8.23. The van der Waals surface area contributed by atoms with Crippen LogP contribution in [-0.2, 0) is 17.6 Å². The number of fused-ring (bicyclic) bond motifs is 1. The van der Waals surface area contributed by atoms with Crippen molar-refractivity contribution < 1.29 is 15.1 Å². The number of nitrogens with one attached hydrogen (secondary N) is 1. The molecule has 2 rings (SSSR count). The molecule has 1 aliphatic rings. The molecule has 1 amide bonds. The Morgan fingerprint density at radius 1 is 1.40 bits per heavy atom. The second-order valence-corrected chi connectivity index (χ2v) is 3.87. The lowest BCUT2D eigenvalue weighted by Crippen LogP contribution is -2.31. The summed E-state index contributed by atoms with van der Waals surface area (Å²) in [5.74, 6) is -0.223. The van der Waals surface area contributed by atoms with Gasteiger partial charge < -0.3 is 5.11 Å². The van der Waals surface area contributed by atoms with E-state index in [1.54, 1.807) is 17.6 Å². The Hall–Kier alpha value is -1.55. The van der Waals surface area contributed by atoms with Gasteiger partial charge in [-0.15, -0.1) is 0 Å². The van der Waals surface area contributed by atoms with Crippen LogP contribution < -0.4 is 5.48 Å². The minimum atomic E-state index is -0.325. The molecule has 0 radical (unpaired) electrons. The van der Waals surface area contributed by atoms with Crippen molar-refractivity contribution >= 4 is 5.91 Å². The molecule has 1 aromatic carbocycles. The van der Waals surface area contributed by atoms with E-state index in [2.05, 4.69) is 0 Å². The fraction of sp³-hybridized carbons (Fsp3) is 0.364. The van der Waals surface area contributed by atoms with Crippen LogP contribution in [0.4, 0.5) is 0 Å². The molecule has 0 saturated carbocycles. The quantitative estimate of drug-likeness (QED) is 0.475. The number of hydrogen-bond acceptors (Lipinski definition) is 3. The molecule has 3 N–H and O–H groups in total. The summed E-state index contributed by atoms with van der Waals surface area (Å²) in [5, 5.41) is 17.8. The summed E-state index contributed by atoms with van der Waals surface area (Å²) in [6.45, 7) is 0. The summed E-state index contributed by atoms with van der Waals surface area (Å²) in [5.41, 5.74) is 3.86. The van der Waals surface area contributed by atoms with Crippen LogP contribution in [0.5, 0.6) is 5.75 Å². The lowest BCUT2D eigenvalue weighted by molar-refractivity contribution is -0.133. The molecule has 1 aliphatic carbocycles. The van der Waals surface area contributed by atoms with Gasteiger partial charge in [-0.3, -0.25) is 10.0 Å². The van der Waals surface area contributed by atoms with Gasteiger partial charge in [0.05, 0.1) is 0 Å². The average molecular weight is 207 g/mol. The summed E-state index contributed by atoms with van der Waals surface area (Å²) in [7, 11) is 0. The first-order chi connectivity index (χ1) is 7.20. The van der Waals surface area contributed by atoms with E-state index in [-0.39, 0.29) is 17.6 Å². The zero-order valence-corrected chi connectivity index (χ0v) is 8.23.